The fourth-order valence-electron chi connectivity index (χ4n) is 2.36. The number of benzene rings is 2. The minimum Gasteiger partial charge on any atom is -0.406 e. The molecule has 0 spiro atoms. The third-order valence-electron chi connectivity index (χ3n) is 3.53. The zero-order valence-corrected chi connectivity index (χ0v) is 12.7. The Bertz CT molecular complexity index is 789. The number of halogens is 3. The van der Waals surface area contributed by atoms with Gasteiger partial charge in [0.25, 0.3) is 5.69 Å². The van der Waals surface area contributed by atoms with Gasteiger partial charge in [0.15, 0.2) is 0 Å². The van der Waals surface area contributed by atoms with Crippen LogP contribution in [0.1, 0.15) is 0 Å². The molecule has 0 saturated carbocycles. The lowest BCUT2D eigenvalue weighted by Crippen LogP contribution is -2.24. The first-order valence-corrected chi connectivity index (χ1v) is 7.14. The minimum atomic E-state index is -4.72. The number of nitro benzene ring substituents is 1. The molecule has 0 aromatic heterocycles. The Morgan fingerprint density at radius 2 is 1.40 bits per heavy atom. The van der Waals surface area contributed by atoms with Crippen LogP contribution in [0.3, 0.4) is 0 Å². The van der Waals surface area contributed by atoms with Crippen LogP contribution < -0.4 is 14.5 Å². The van der Waals surface area contributed by atoms with Crippen LogP contribution in [0.25, 0.3) is 0 Å². The van der Waals surface area contributed by atoms with Crippen LogP contribution in [-0.4, -0.2) is 18.0 Å². The molecule has 3 rings (SSSR count). The van der Waals surface area contributed by atoms with E-state index in [0.29, 0.717) is 12.4 Å². The number of ether oxygens (including phenoxy) is 1. The molecule has 1 heterocycles. The van der Waals surface area contributed by atoms with Gasteiger partial charge in [-0.3, -0.25) is 10.1 Å². The molecule has 1 aliphatic heterocycles. The van der Waals surface area contributed by atoms with Gasteiger partial charge in [0.05, 0.1) is 11.6 Å². The van der Waals surface area contributed by atoms with Crippen molar-refractivity contribution >= 4 is 17.1 Å². The lowest BCUT2D eigenvalue weighted by atomic mass is 10.2. The third kappa shape index (κ3) is 4.00. The van der Waals surface area contributed by atoms with Crippen molar-refractivity contribution in [3.63, 3.8) is 0 Å². The van der Waals surface area contributed by atoms with Crippen LogP contribution >= 0.6 is 0 Å². The normalized spacial score (nSPS) is 14.0. The van der Waals surface area contributed by atoms with Crippen molar-refractivity contribution in [1.82, 2.24) is 0 Å². The van der Waals surface area contributed by atoms with Crippen LogP contribution in [-0.2, 0) is 0 Å². The number of anilines is 2. The van der Waals surface area contributed by atoms with Crippen molar-refractivity contribution in [2.24, 2.45) is 0 Å². The number of alkyl halides is 3. The highest BCUT2D eigenvalue weighted by molar-refractivity contribution is 5.60. The predicted molar refractivity (Wildman–Crippen MR) is 85.2 cm³/mol. The summed E-state index contributed by atoms with van der Waals surface area (Å²) in [5.74, 6) is -0.286. The first-order valence-electron chi connectivity index (χ1n) is 7.14. The molecule has 0 atom stereocenters. The molecule has 1 aliphatic rings. The smallest absolute Gasteiger partial charge is 0.406 e. The van der Waals surface area contributed by atoms with Crippen molar-refractivity contribution in [3.05, 3.63) is 71.0 Å². The summed E-state index contributed by atoms with van der Waals surface area (Å²) in [5, 5.41) is 10.7. The molecule has 0 N–H and O–H groups in total. The third-order valence-corrected chi connectivity index (χ3v) is 3.53. The van der Waals surface area contributed by atoms with Gasteiger partial charge in [0, 0.05) is 35.9 Å². The van der Waals surface area contributed by atoms with Crippen LogP contribution in [0, 0.1) is 10.1 Å². The molecule has 0 unspecified atom stereocenters. The van der Waals surface area contributed by atoms with Crippen LogP contribution in [0.4, 0.5) is 30.2 Å². The summed E-state index contributed by atoms with van der Waals surface area (Å²) < 4.78 is 40.3. The zero-order chi connectivity index (χ0) is 18.0. The number of nitro groups is 1. The quantitative estimate of drug-likeness (QED) is 0.609. The second kappa shape index (κ2) is 6.34. The number of nitrogens with zero attached hydrogens (tertiary/aromatic N) is 3. The molecule has 2 aromatic rings. The maximum atomic E-state index is 12.2. The van der Waals surface area contributed by atoms with Crippen molar-refractivity contribution in [3.8, 4) is 5.75 Å². The molecule has 0 saturated heterocycles. The van der Waals surface area contributed by atoms with Crippen molar-refractivity contribution in [1.29, 1.82) is 0 Å². The minimum absolute atomic E-state index is 0.00374. The molecule has 9 heteroatoms. The van der Waals surface area contributed by atoms with Crippen molar-refractivity contribution in [2.45, 2.75) is 6.36 Å². The fraction of sp³-hybridized carbons (Fsp3) is 0.125. The lowest BCUT2D eigenvalue weighted by molar-refractivity contribution is -0.384. The SMILES string of the molecule is O=[N+]([O-])c1ccc(N2C=CN(c3ccc(OC(F)(F)F)cc3)C2)cc1. The second-order valence-corrected chi connectivity index (χ2v) is 5.19. The van der Waals surface area contributed by atoms with Gasteiger partial charge in [0.1, 0.15) is 5.75 Å². The number of hydrogen-bond donors (Lipinski definition) is 0. The number of rotatable bonds is 4. The highest BCUT2D eigenvalue weighted by Crippen LogP contribution is 2.28. The average Bonchev–Trinajstić information content (AvgIpc) is 3.04. The predicted octanol–water partition coefficient (Wildman–Crippen LogP) is 4.25. The lowest BCUT2D eigenvalue weighted by Gasteiger charge is -2.21. The van der Waals surface area contributed by atoms with Gasteiger partial charge < -0.3 is 14.5 Å². The van der Waals surface area contributed by atoms with Crippen LogP contribution in [0.2, 0.25) is 0 Å². The maximum absolute atomic E-state index is 12.2. The Morgan fingerprint density at radius 3 is 1.84 bits per heavy atom. The molecule has 0 amide bonds. The maximum Gasteiger partial charge on any atom is 0.573 e. The van der Waals surface area contributed by atoms with Crippen LogP contribution in [0.15, 0.2) is 60.9 Å². The molecule has 25 heavy (non-hydrogen) atoms. The van der Waals surface area contributed by atoms with E-state index in [1.54, 1.807) is 24.5 Å². The highest BCUT2D eigenvalue weighted by atomic mass is 19.4. The van der Waals surface area contributed by atoms with E-state index in [9.17, 15) is 23.3 Å². The molecular formula is C16H12F3N3O3. The van der Waals surface area contributed by atoms with E-state index in [0.717, 1.165) is 5.69 Å². The summed E-state index contributed by atoms with van der Waals surface area (Å²) in [6, 6.07) is 11.6. The summed E-state index contributed by atoms with van der Waals surface area (Å²) in [7, 11) is 0. The number of hydrogen-bond acceptors (Lipinski definition) is 5. The monoisotopic (exact) mass is 351 g/mol. The molecular weight excluding hydrogens is 339 g/mol. The Hall–Kier alpha value is -3.23. The van der Waals surface area contributed by atoms with Crippen molar-refractivity contribution < 1.29 is 22.8 Å². The second-order valence-electron chi connectivity index (χ2n) is 5.19. The van der Waals surface area contributed by atoms with Gasteiger partial charge in [-0.1, -0.05) is 0 Å². The van der Waals surface area contributed by atoms with Gasteiger partial charge in [0.2, 0.25) is 0 Å². The van der Waals surface area contributed by atoms with Crippen LogP contribution in [0.5, 0.6) is 5.75 Å². The first-order chi connectivity index (χ1) is 11.8. The first kappa shape index (κ1) is 16.6. The summed E-state index contributed by atoms with van der Waals surface area (Å²) in [6.07, 6.45) is -1.18. The molecule has 6 nitrogen and oxygen atoms in total. The van der Waals surface area contributed by atoms with Gasteiger partial charge in [-0.2, -0.15) is 0 Å². The van der Waals surface area contributed by atoms with E-state index in [4.69, 9.17) is 0 Å². The number of non-ortho nitro benzene ring substituents is 1. The molecule has 0 radical (unpaired) electrons. The van der Waals surface area contributed by atoms with E-state index in [1.807, 2.05) is 9.80 Å². The van der Waals surface area contributed by atoms with E-state index in [1.165, 1.54) is 36.4 Å². The molecule has 2 aromatic carbocycles. The molecule has 130 valence electrons. The Balaban J connectivity index is 1.66. The summed E-state index contributed by atoms with van der Waals surface area (Å²) in [6.45, 7) is 0.428. The summed E-state index contributed by atoms with van der Waals surface area (Å²) >= 11 is 0. The van der Waals surface area contributed by atoms with Gasteiger partial charge in [-0.15, -0.1) is 13.2 Å². The molecule has 0 fully saturated rings. The average molecular weight is 351 g/mol. The van der Waals surface area contributed by atoms with E-state index >= 15 is 0 Å². The summed E-state index contributed by atoms with van der Waals surface area (Å²) in [4.78, 5) is 13.9. The Kier molecular flexibility index (Phi) is 4.22. The van der Waals surface area contributed by atoms with Gasteiger partial charge in [-0.05, 0) is 36.4 Å². The Labute approximate surface area is 140 Å². The van der Waals surface area contributed by atoms with E-state index in [-0.39, 0.29) is 11.4 Å². The van der Waals surface area contributed by atoms with Crippen molar-refractivity contribution in [2.75, 3.05) is 16.5 Å². The van der Waals surface area contributed by atoms with E-state index < -0.39 is 11.3 Å². The zero-order valence-electron chi connectivity index (χ0n) is 12.7. The standard InChI is InChI=1S/C16H12F3N3O3/c17-16(18,19)25-15-7-5-13(6-8-15)21-10-9-20(11-21)12-1-3-14(4-2-12)22(23)24/h1-10H,11H2. The fourth-order valence-corrected chi connectivity index (χ4v) is 2.36. The van der Waals surface area contributed by atoms with Gasteiger partial charge >= 0.3 is 6.36 Å². The van der Waals surface area contributed by atoms with E-state index in [2.05, 4.69) is 4.74 Å². The van der Waals surface area contributed by atoms with Gasteiger partial charge in [-0.25, -0.2) is 0 Å². The topological polar surface area (TPSA) is 58.9 Å². The molecule has 0 bridgehead atoms. The Morgan fingerprint density at radius 1 is 0.920 bits per heavy atom. The molecule has 0 aliphatic carbocycles. The summed E-state index contributed by atoms with van der Waals surface area (Å²) in [5.41, 5.74) is 1.46. The largest absolute Gasteiger partial charge is 0.573 e. The highest BCUT2D eigenvalue weighted by Gasteiger charge is 2.31.